The van der Waals surface area contributed by atoms with E-state index in [4.69, 9.17) is 4.42 Å². The molecule has 1 heterocycles. The molecule has 0 amide bonds. The summed E-state index contributed by atoms with van der Waals surface area (Å²) < 4.78 is 5.31. The lowest BCUT2D eigenvalue weighted by molar-refractivity contribution is 0.0664. The second-order valence-corrected chi connectivity index (χ2v) is 4.49. The Kier molecular flexibility index (Phi) is 2.95. The van der Waals surface area contributed by atoms with Gasteiger partial charge in [-0.3, -0.25) is 4.79 Å². The van der Waals surface area contributed by atoms with Crippen molar-refractivity contribution in [1.82, 2.24) is 0 Å². The van der Waals surface area contributed by atoms with Gasteiger partial charge in [-0.2, -0.15) is 0 Å². The number of aromatic carboxylic acids is 1. The first-order valence-electron chi connectivity index (χ1n) is 6.16. The molecule has 0 fully saturated rings. The Morgan fingerprint density at radius 2 is 1.76 bits per heavy atom. The highest BCUT2D eigenvalue weighted by atomic mass is 16.4. The zero-order valence-corrected chi connectivity index (χ0v) is 10.7. The minimum Gasteiger partial charge on any atom is -0.508 e. The van der Waals surface area contributed by atoms with E-state index >= 15 is 0 Å². The first-order chi connectivity index (χ1) is 10.1. The molecule has 0 aliphatic heterocycles. The lowest BCUT2D eigenvalue weighted by Crippen LogP contribution is -2.12. The van der Waals surface area contributed by atoms with Gasteiger partial charge in [-0.25, -0.2) is 4.79 Å². The van der Waals surface area contributed by atoms with E-state index in [1.54, 1.807) is 30.3 Å². The van der Waals surface area contributed by atoms with Gasteiger partial charge in [0.2, 0.25) is 11.2 Å². The normalized spacial score (nSPS) is 10.7. The van der Waals surface area contributed by atoms with E-state index in [0.29, 0.717) is 5.56 Å². The molecule has 3 rings (SSSR count). The third-order valence-electron chi connectivity index (χ3n) is 3.13. The van der Waals surface area contributed by atoms with Crippen LogP contribution >= 0.6 is 0 Å². The molecule has 0 radical (unpaired) electrons. The summed E-state index contributed by atoms with van der Waals surface area (Å²) in [5, 5.41) is 18.9. The summed E-state index contributed by atoms with van der Waals surface area (Å²) >= 11 is 0. The fraction of sp³-hybridized carbons (Fsp3) is 0. The topological polar surface area (TPSA) is 87.7 Å². The molecule has 21 heavy (non-hydrogen) atoms. The standard InChI is InChI=1S/C16H10O5/c17-10-6-7-11-12(8-10)21-15(16(19)20)13(14(11)18)9-4-2-1-3-5-9/h1-8,17H,(H,19,20). The molecule has 0 aliphatic carbocycles. The average molecular weight is 282 g/mol. The van der Waals surface area contributed by atoms with Crippen LogP contribution in [0.1, 0.15) is 10.6 Å². The summed E-state index contributed by atoms with van der Waals surface area (Å²) in [6.07, 6.45) is 0. The van der Waals surface area contributed by atoms with Gasteiger partial charge in [0.05, 0.1) is 10.9 Å². The van der Waals surface area contributed by atoms with Crippen LogP contribution in [0.25, 0.3) is 22.1 Å². The number of fused-ring (bicyclic) bond motifs is 1. The third-order valence-corrected chi connectivity index (χ3v) is 3.13. The quantitative estimate of drug-likeness (QED) is 0.754. The van der Waals surface area contributed by atoms with Crippen molar-refractivity contribution in [2.24, 2.45) is 0 Å². The molecule has 0 saturated heterocycles. The number of rotatable bonds is 2. The van der Waals surface area contributed by atoms with Crippen LogP contribution in [0.4, 0.5) is 0 Å². The number of phenols is 1. The van der Waals surface area contributed by atoms with Gasteiger partial charge < -0.3 is 14.6 Å². The Balaban J connectivity index is 2.45. The van der Waals surface area contributed by atoms with Crippen LogP contribution in [0.3, 0.4) is 0 Å². The molecule has 0 atom stereocenters. The summed E-state index contributed by atoms with van der Waals surface area (Å²) in [6.45, 7) is 0. The number of hydrogen-bond donors (Lipinski definition) is 2. The van der Waals surface area contributed by atoms with Crippen molar-refractivity contribution in [2.75, 3.05) is 0 Å². The van der Waals surface area contributed by atoms with Gasteiger partial charge >= 0.3 is 5.97 Å². The summed E-state index contributed by atoms with van der Waals surface area (Å²) in [4.78, 5) is 23.9. The first-order valence-corrected chi connectivity index (χ1v) is 6.16. The van der Waals surface area contributed by atoms with Gasteiger partial charge in [-0.15, -0.1) is 0 Å². The number of hydrogen-bond acceptors (Lipinski definition) is 4. The van der Waals surface area contributed by atoms with E-state index in [1.165, 1.54) is 18.2 Å². The monoisotopic (exact) mass is 282 g/mol. The molecular formula is C16H10O5. The van der Waals surface area contributed by atoms with E-state index in [1.807, 2.05) is 0 Å². The Morgan fingerprint density at radius 3 is 2.43 bits per heavy atom. The zero-order valence-electron chi connectivity index (χ0n) is 10.7. The Bertz CT molecular complexity index is 894. The molecule has 2 N–H and O–H groups in total. The van der Waals surface area contributed by atoms with E-state index in [2.05, 4.69) is 0 Å². The number of carbonyl (C=O) groups is 1. The minimum atomic E-state index is -1.34. The number of phenolic OH excluding ortho intramolecular Hbond substituents is 1. The van der Waals surface area contributed by atoms with E-state index in [0.717, 1.165) is 0 Å². The van der Waals surface area contributed by atoms with Gasteiger partial charge in [0.25, 0.3) is 0 Å². The Hall–Kier alpha value is -3.08. The smallest absolute Gasteiger partial charge is 0.372 e. The van der Waals surface area contributed by atoms with Gasteiger partial charge in [0.1, 0.15) is 11.3 Å². The maximum Gasteiger partial charge on any atom is 0.372 e. The van der Waals surface area contributed by atoms with Gasteiger partial charge in [-0.1, -0.05) is 30.3 Å². The fourth-order valence-corrected chi connectivity index (χ4v) is 2.20. The lowest BCUT2D eigenvalue weighted by Gasteiger charge is -2.07. The second-order valence-electron chi connectivity index (χ2n) is 4.49. The summed E-state index contributed by atoms with van der Waals surface area (Å²) in [6, 6.07) is 12.5. The molecule has 104 valence electrons. The maximum absolute atomic E-state index is 12.6. The van der Waals surface area contributed by atoms with E-state index in [-0.39, 0.29) is 22.3 Å². The summed E-state index contributed by atoms with van der Waals surface area (Å²) in [7, 11) is 0. The highest BCUT2D eigenvalue weighted by molar-refractivity contribution is 5.96. The zero-order chi connectivity index (χ0) is 15.0. The molecule has 1 aromatic heterocycles. The SMILES string of the molecule is O=C(O)c1oc2cc(O)ccc2c(=O)c1-c1ccccc1. The van der Waals surface area contributed by atoms with Crippen LogP contribution in [0, 0.1) is 0 Å². The Morgan fingerprint density at radius 1 is 1.05 bits per heavy atom. The van der Waals surface area contributed by atoms with Crippen LogP contribution < -0.4 is 5.43 Å². The molecule has 2 aromatic carbocycles. The molecule has 0 bridgehead atoms. The summed E-state index contributed by atoms with van der Waals surface area (Å²) in [5.41, 5.74) is 0.0665. The van der Waals surface area contributed by atoms with Crippen LogP contribution in [0.2, 0.25) is 0 Å². The van der Waals surface area contributed by atoms with Crippen LogP contribution in [0.15, 0.2) is 57.7 Å². The van der Waals surface area contributed by atoms with Gasteiger partial charge in [-0.05, 0) is 17.7 Å². The fourth-order valence-electron chi connectivity index (χ4n) is 2.20. The molecule has 0 unspecified atom stereocenters. The minimum absolute atomic E-state index is 0.00119. The molecule has 5 nitrogen and oxygen atoms in total. The second kappa shape index (κ2) is 4.79. The molecule has 0 aliphatic rings. The van der Waals surface area contributed by atoms with Crippen molar-refractivity contribution in [3.8, 4) is 16.9 Å². The van der Waals surface area contributed by atoms with Crippen molar-refractivity contribution < 1.29 is 19.4 Å². The van der Waals surface area contributed by atoms with Gasteiger partial charge in [0, 0.05) is 6.07 Å². The average Bonchev–Trinajstić information content (AvgIpc) is 2.47. The highest BCUT2D eigenvalue weighted by Crippen LogP contribution is 2.26. The predicted octanol–water partition coefficient (Wildman–Crippen LogP) is 2.86. The third kappa shape index (κ3) is 2.14. The number of carboxylic acids is 1. The van der Waals surface area contributed by atoms with Crippen molar-refractivity contribution in [1.29, 1.82) is 0 Å². The highest BCUT2D eigenvalue weighted by Gasteiger charge is 2.21. The van der Waals surface area contributed by atoms with Crippen molar-refractivity contribution in [3.63, 3.8) is 0 Å². The Labute approximate surface area is 118 Å². The summed E-state index contributed by atoms with van der Waals surface area (Å²) in [5.74, 6) is -1.88. The van der Waals surface area contributed by atoms with Crippen molar-refractivity contribution in [2.45, 2.75) is 0 Å². The molecule has 3 aromatic rings. The van der Waals surface area contributed by atoms with Crippen LogP contribution in [0.5, 0.6) is 5.75 Å². The van der Waals surface area contributed by atoms with E-state index < -0.39 is 17.2 Å². The van der Waals surface area contributed by atoms with Gasteiger partial charge in [0.15, 0.2) is 0 Å². The molecule has 0 saturated carbocycles. The molecular weight excluding hydrogens is 272 g/mol. The molecule has 5 heteroatoms. The first kappa shape index (κ1) is 12.9. The van der Waals surface area contributed by atoms with E-state index in [9.17, 15) is 19.8 Å². The predicted molar refractivity (Wildman–Crippen MR) is 76.5 cm³/mol. The number of benzene rings is 2. The molecule has 0 spiro atoms. The number of aromatic hydroxyl groups is 1. The lowest BCUT2D eigenvalue weighted by atomic mass is 10.0. The maximum atomic E-state index is 12.6. The van der Waals surface area contributed by atoms with Crippen molar-refractivity contribution in [3.05, 3.63) is 64.5 Å². The van der Waals surface area contributed by atoms with Crippen molar-refractivity contribution >= 4 is 16.9 Å². The largest absolute Gasteiger partial charge is 0.508 e. The van der Waals surface area contributed by atoms with Crippen LogP contribution in [-0.4, -0.2) is 16.2 Å². The van der Waals surface area contributed by atoms with Crippen LogP contribution in [-0.2, 0) is 0 Å². The number of carboxylic acid groups (broad SMARTS) is 1.